The van der Waals surface area contributed by atoms with Crippen molar-refractivity contribution in [3.8, 4) is 11.4 Å². The molecule has 20 heavy (non-hydrogen) atoms. The predicted octanol–water partition coefficient (Wildman–Crippen LogP) is 3.87. The van der Waals surface area contributed by atoms with Gasteiger partial charge in [0.2, 0.25) is 0 Å². The standard InChI is InChI=1S/C16H20ClN3/c1-2-8-20-9-7-18-16(20)12-3-4-13(15(17)10-12)11-19-14-5-6-14/h3-4,7,9-10,14,19H,2,5-6,8,11H2,1H3. The summed E-state index contributed by atoms with van der Waals surface area (Å²) in [5.41, 5.74) is 2.25. The molecule has 0 spiro atoms. The highest BCUT2D eigenvalue weighted by atomic mass is 35.5. The van der Waals surface area contributed by atoms with Gasteiger partial charge in [-0.05, 0) is 30.9 Å². The van der Waals surface area contributed by atoms with Crippen LogP contribution in [0, 0.1) is 0 Å². The van der Waals surface area contributed by atoms with Gasteiger partial charge in [-0.1, -0.05) is 30.7 Å². The van der Waals surface area contributed by atoms with Crippen LogP contribution < -0.4 is 5.32 Å². The Morgan fingerprint density at radius 3 is 2.95 bits per heavy atom. The van der Waals surface area contributed by atoms with E-state index in [1.807, 2.05) is 18.5 Å². The Kier molecular flexibility index (Phi) is 4.08. The van der Waals surface area contributed by atoms with E-state index in [0.717, 1.165) is 41.5 Å². The maximum absolute atomic E-state index is 6.40. The van der Waals surface area contributed by atoms with Gasteiger partial charge in [-0.2, -0.15) is 0 Å². The highest BCUT2D eigenvalue weighted by Crippen LogP contribution is 2.26. The molecule has 1 saturated carbocycles. The smallest absolute Gasteiger partial charge is 0.139 e. The fraction of sp³-hybridized carbons (Fsp3) is 0.438. The first-order valence-electron chi connectivity index (χ1n) is 7.31. The summed E-state index contributed by atoms with van der Waals surface area (Å²) in [6.45, 7) is 4.01. The van der Waals surface area contributed by atoms with Crippen LogP contribution in [0.5, 0.6) is 0 Å². The molecule has 2 aromatic rings. The number of imidazole rings is 1. The Labute approximate surface area is 125 Å². The third-order valence-corrected chi connectivity index (χ3v) is 4.00. The molecule has 106 valence electrons. The third kappa shape index (κ3) is 3.05. The molecular formula is C16H20ClN3. The van der Waals surface area contributed by atoms with Crippen LogP contribution in [-0.2, 0) is 13.1 Å². The monoisotopic (exact) mass is 289 g/mol. The lowest BCUT2D eigenvalue weighted by molar-refractivity contribution is 0.684. The fourth-order valence-corrected chi connectivity index (χ4v) is 2.61. The van der Waals surface area contributed by atoms with E-state index in [2.05, 4.69) is 33.9 Å². The second-order valence-corrected chi connectivity index (χ2v) is 5.81. The Morgan fingerprint density at radius 1 is 1.40 bits per heavy atom. The van der Waals surface area contributed by atoms with Crippen molar-refractivity contribution >= 4 is 11.6 Å². The number of rotatable bonds is 6. The molecule has 1 fully saturated rings. The topological polar surface area (TPSA) is 29.9 Å². The van der Waals surface area contributed by atoms with Crippen molar-refractivity contribution in [2.75, 3.05) is 0 Å². The van der Waals surface area contributed by atoms with Gasteiger partial charge in [0.15, 0.2) is 0 Å². The summed E-state index contributed by atoms with van der Waals surface area (Å²) in [6.07, 6.45) is 7.56. The first-order chi connectivity index (χ1) is 9.78. The van der Waals surface area contributed by atoms with E-state index in [1.165, 1.54) is 12.8 Å². The molecule has 1 aromatic heterocycles. The zero-order valence-corrected chi connectivity index (χ0v) is 12.5. The van der Waals surface area contributed by atoms with Gasteiger partial charge in [0.05, 0.1) is 0 Å². The number of nitrogens with one attached hydrogen (secondary N) is 1. The number of hydrogen-bond acceptors (Lipinski definition) is 2. The average Bonchev–Trinajstić information content (AvgIpc) is 3.16. The third-order valence-electron chi connectivity index (χ3n) is 3.65. The highest BCUT2D eigenvalue weighted by molar-refractivity contribution is 6.31. The molecule has 1 aromatic carbocycles. The maximum atomic E-state index is 6.40. The number of aryl methyl sites for hydroxylation is 1. The zero-order chi connectivity index (χ0) is 13.9. The molecule has 0 radical (unpaired) electrons. The van der Waals surface area contributed by atoms with Crippen molar-refractivity contribution in [1.82, 2.24) is 14.9 Å². The van der Waals surface area contributed by atoms with Gasteiger partial charge in [-0.3, -0.25) is 0 Å². The van der Waals surface area contributed by atoms with Gasteiger partial charge in [0.25, 0.3) is 0 Å². The maximum Gasteiger partial charge on any atom is 0.139 e. The molecule has 0 bridgehead atoms. The van der Waals surface area contributed by atoms with Crippen molar-refractivity contribution < 1.29 is 0 Å². The summed E-state index contributed by atoms with van der Waals surface area (Å²) >= 11 is 6.40. The molecular weight excluding hydrogens is 270 g/mol. The minimum atomic E-state index is 0.703. The van der Waals surface area contributed by atoms with Crippen LogP contribution in [-0.4, -0.2) is 15.6 Å². The Hall–Kier alpha value is -1.32. The van der Waals surface area contributed by atoms with Crippen molar-refractivity contribution in [3.05, 3.63) is 41.2 Å². The molecule has 1 N–H and O–H groups in total. The Balaban J connectivity index is 1.79. The van der Waals surface area contributed by atoms with Crippen LogP contribution in [0.25, 0.3) is 11.4 Å². The van der Waals surface area contributed by atoms with Gasteiger partial charge < -0.3 is 9.88 Å². The van der Waals surface area contributed by atoms with E-state index in [4.69, 9.17) is 11.6 Å². The van der Waals surface area contributed by atoms with Crippen LogP contribution in [0.15, 0.2) is 30.6 Å². The van der Waals surface area contributed by atoms with Gasteiger partial charge >= 0.3 is 0 Å². The van der Waals surface area contributed by atoms with E-state index >= 15 is 0 Å². The SMILES string of the molecule is CCCn1ccnc1-c1ccc(CNC2CC2)c(Cl)c1. The largest absolute Gasteiger partial charge is 0.331 e. The molecule has 4 heteroatoms. The zero-order valence-electron chi connectivity index (χ0n) is 11.8. The lowest BCUT2D eigenvalue weighted by Crippen LogP contribution is -2.15. The van der Waals surface area contributed by atoms with E-state index in [-0.39, 0.29) is 0 Å². The van der Waals surface area contributed by atoms with E-state index in [1.54, 1.807) is 0 Å². The summed E-state index contributed by atoms with van der Waals surface area (Å²) in [5, 5.41) is 4.32. The molecule has 3 rings (SSSR count). The van der Waals surface area contributed by atoms with Crippen LogP contribution >= 0.6 is 11.6 Å². The second-order valence-electron chi connectivity index (χ2n) is 5.41. The molecule has 3 nitrogen and oxygen atoms in total. The van der Waals surface area contributed by atoms with E-state index < -0.39 is 0 Å². The lowest BCUT2D eigenvalue weighted by Gasteiger charge is -2.10. The molecule has 0 atom stereocenters. The number of halogens is 1. The minimum absolute atomic E-state index is 0.703. The molecule has 1 aliphatic carbocycles. The summed E-state index contributed by atoms with van der Waals surface area (Å²) in [5.74, 6) is 0.996. The summed E-state index contributed by atoms with van der Waals surface area (Å²) < 4.78 is 2.17. The van der Waals surface area contributed by atoms with Crippen molar-refractivity contribution in [2.24, 2.45) is 0 Å². The van der Waals surface area contributed by atoms with E-state index in [0.29, 0.717) is 6.04 Å². The van der Waals surface area contributed by atoms with Crippen molar-refractivity contribution in [2.45, 2.75) is 45.3 Å². The normalized spacial score (nSPS) is 14.7. The van der Waals surface area contributed by atoms with E-state index in [9.17, 15) is 0 Å². The first kappa shape index (κ1) is 13.7. The predicted molar refractivity (Wildman–Crippen MR) is 82.8 cm³/mol. The molecule has 0 saturated heterocycles. The summed E-state index contributed by atoms with van der Waals surface area (Å²) in [4.78, 5) is 4.45. The Morgan fingerprint density at radius 2 is 2.25 bits per heavy atom. The van der Waals surface area contributed by atoms with Crippen LogP contribution in [0.4, 0.5) is 0 Å². The quantitative estimate of drug-likeness (QED) is 0.875. The molecule has 1 aliphatic rings. The summed E-state index contributed by atoms with van der Waals surface area (Å²) in [7, 11) is 0. The molecule has 0 aliphatic heterocycles. The lowest BCUT2D eigenvalue weighted by atomic mass is 10.1. The fourth-order valence-electron chi connectivity index (χ4n) is 2.36. The Bertz CT molecular complexity index is 587. The number of nitrogens with zero attached hydrogens (tertiary/aromatic N) is 2. The van der Waals surface area contributed by atoms with Gasteiger partial charge in [0, 0.05) is 42.1 Å². The van der Waals surface area contributed by atoms with Crippen LogP contribution in [0.2, 0.25) is 5.02 Å². The number of benzene rings is 1. The number of hydrogen-bond donors (Lipinski definition) is 1. The molecule has 1 heterocycles. The second kappa shape index (κ2) is 5.98. The van der Waals surface area contributed by atoms with Gasteiger partial charge in [-0.15, -0.1) is 0 Å². The average molecular weight is 290 g/mol. The van der Waals surface area contributed by atoms with Crippen molar-refractivity contribution in [3.63, 3.8) is 0 Å². The highest BCUT2D eigenvalue weighted by Gasteiger charge is 2.20. The molecule has 0 amide bonds. The van der Waals surface area contributed by atoms with Gasteiger partial charge in [0.1, 0.15) is 5.82 Å². The minimum Gasteiger partial charge on any atom is -0.331 e. The van der Waals surface area contributed by atoms with Crippen molar-refractivity contribution in [1.29, 1.82) is 0 Å². The first-order valence-corrected chi connectivity index (χ1v) is 7.69. The number of aromatic nitrogens is 2. The summed E-state index contributed by atoms with van der Waals surface area (Å²) in [6, 6.07) is 6.96. The molecule has 0 unspecified atom stereocenters. The van der Waals surface area contributed by atoms with Crippen LogP contribution in [0.1, 0.15) is 31.7 Å². The van der Waals surface area contributed by atoms with Gasteiger partial charge in [-0.25, -0.2) is 4.98 Å². The van der Waals surface area contributed by atoms with Crippen LogP contribution in [0.3, 0.4) is 0 Å².